The van der Waals surface area contributed by atoms with Gasteiger partial charge in [0.1, 0.15) is 5.82 Å². The molecule has 0 spiro atoms. The van der Waals surface area contributed by atoms with E-state index in [1.54, 1.807) is 17.0 Å². The summed E-state index contributed by atoms with van der Waals surface area (Å²) < 4.78 is 13.3. The minimum absolute atomic E-state index is 0.0156. The van der Waals surface area contributed by atoms with Crippen molar-refractivity contribution in [2.45, 2.75) is 38.8 Å². The van der Waals surface area contributed by atoms with Crippen molar-refractivity contribution in [1.29, 1.82) is 0 Å². The van der Waals surface area contributed by atoms with E-state index < -0.39 is 5.54 Å². The average Bonchev–Trinajstić information content (AvgIpc) is 2.37. The summed E-state index contributed by atoms with van der Waals surface area (Å²) in [4.78, 5) is 14.2. The van der Waals surface area contributed by atoms with Crippen LogP contribution in [-0.2, 0) is 4.79 Å². The second-order valence-corrected chi connectivity index (χ2v) is 5.34. The summed E-state index contributed by atoms with van der Waals surface area (Å²) in [5.74, 6) is -0.333. The van der Waals surface area contributed by atoms with Crippen LogP contribution in [0.25, 0.3) is 0 Å². The lowest BCUT2D eigenvalue weighted by atomic mass is 10.0. The largest absolute Gasteiger partial charge is 0.308 e. The van der Waals surface area contributed by atoms with Crippen LogP contribution in [0.1, 0.15) is 27.2 Å². The molecule has 18 heavy (non-hydrogen) atoms. The number of carbonyl (C=O) groups excluding carboxylic acids is 1. The molecule has 4 heteroatoms. The number of nitrogens with zero attached hydrogens (tertiary/aromatic N) is 1. The highest BCUT2D eigenvalue weighted by Crippen LogP contribution is 2.25. The third-order valence-corrected chi connectivity index (χ3v) is 3.41. The van der Waals surface area contributed by atoms with Gasteiger partial charge in [-0.2, -0.15) is 0 Å². The molecule has 2 rings (SSSR count). The molecule has 1 aliphatic heterocycles. The van der Waals surface area contributed by atoms with Gasteiger partial charge in [-0.3, -0.25) is 4.79 Å². The second kappa shape index (κ2) is 4.69. The summed E-state index contributed by atoms with van der Waals surface area (Å²) in [6.07, 6.45) is 0.853. The molecule has 1 atom stereocenters. The molecule has 98 valence electrons. The normalized spacial score (nSPS) is 23.9. The predicted octanol–water partition coefficient (Wildman–Crippen LogP) is 2.32. The number of anilines is 1. The van der Waals surface area contributed by atoms with E-state index in [2.05, 4.69) is 5.32 Å². The van der Waals surface area contributed by atoms with Crippen molar-refractivity contribution in [2.24, 2.45) is 0 Å². The molecule has 1 aromatic rings. The number of rotatable bonds is 1. The predicted molar refractivity (Wildman–Crippen MR) is 70.0 cm³/mol. The van der Waals surface area contributed by atoms with Gasteiger partial charge in [-0.25, -0.2) is 4.39 Å². The number of carbonyl (C=O) groups is 1. The molecule has 0 aromatic heterocycles. The highest BCUT2D eigenvalue weighted by atomic mass is 19.1. The smallest absolute Gasteiger partial charge is 0.246 e. The summed E-state index contributed by atoms with van der Waals surface area (Å²) in [7, 11) is 0. The van der Waals surface area contributed by atoms with Gasteiger partial charge in [0.15, 0.2) is 0 Å². The van der Waals surface area contributed by atoms with Crippen LogP contribution >= 0.6 is 0 Å². The zero-order valence-electron chi connectivity index (χ0n) is 11.0. The molecule has 1 unspecified atom stereocenters. The van der Waals surface area contributed by atoms with Crippen LogP contribution in [0.3, 0.4) is 0 Å². The van der Waals surface area contributed by atoms with Crippen molar-refractivity contribution in [1.82, 2.24) is 5.32 Å². The first-order chi connectivity index (χ1) is 8.42. The molecule has 0 bridgehead atoms. The molecule has 1 amide bonds. The quantitative estimate of drug-likeness (QED) is 0.829. The first kappa shape index (κ1) is 13.0. The Hall–Kier alpha value is -1.42. The van der Waals surface area contributed by atoms with Crippen LogP contribution in [0.2, 0.25) is 0 Å². The van der Waals surface area contributed by atoms with Gasteiger partial charge in [0.05, 0.1) is 5.54 Å². The van der Waals surface area contributed by atoms with Crippen molar-refractivity contribution in [2.75, 3.05) is 11.4 Å². The van der Waals surface area contributed by atoms with Crippen molar-refractivity contribution < 1.29 is 9.18 Å². The van der Waals surface area contributed by atoms with E-state index in [0.29, 0.717) is 5.69 Å². The molecule has 0 saturated carbocycles. The Morgan fingerprint density at radius 2 is 2.17 bits per heavy atom. The van der Waals surface area contributed by atoms with Gasteiger partial charge in [-0.1, -0.05) is 6.07 Å². The van der Waals surface area contributed by atoms with Crippen molar-refractivity contribution >= 4 is 11.6 Å². The summed E-state index contributed by atoms with van der Waals surface area (Å²) in [6.45, 7) is 6.50. The second-order valence-electron chi connectivity index (χ2n) is 5.34. The molecular weight excluding hydrogens is 231 g/mol. The molecule has 3 nitrogen and oxygen atoms in total. The Kier molecular flexibility index (Phi) is 3.39. The number of nitrogens with one attached hydrogen (secondary N) is 1. The van der Waals surface area contributed by atoms with E-state index in [1.165, 1.54) is 12.1 Å². The Morgan fingerprint density at radius 3 is 2.83 bits per heavy atom. The highest BCUT2D eigenvalue weighted by Gasteiger charge is 2.37. The summed E-state index contributed by atoms with van der Waals surface area (Å²) in [5.41, 5.74) is 0.0149. The Balaban J connectivity index is 2.41. The molecule has 1 aliphatic rings. The number of hydrogen-bond acceptors (Lipinski definition) is 2. The van der Waals surface area contributed by atoms with Crippen LogP contribution in [-0.4, -0.2) is 24.0 Å². The first-order valence-electron chi connectivity index (χ1n) is 6.26. The van der Waals surface area contributed by atoms with Crippen LogP contribution < -0.4 is 10.2 Å². The molecule has 1 fully saturated rings. The fourth-order valence-corrected chi connectivity index (χ4v) is 2.30. The maximum absolute atomic E-state index is 13.3. The van der Waals surface area contributed by atoms with E-state index in [1.807, 2.05) is 20.8 Å². The standard InChI is InChI=1S/C14H19FN2O/c1-10-7-8-16-14(2,3)13(18)17(10)12-6-4-5-11(15)9-12/h4-6,9-10,16H,7-8H2,1-3H3. The minimum atomic E-state index is -0.614. The maximum Gasteiger partial charge on any atom is 0.246 e. The fraction of sp³-hybridized carbons (Fsp3) is 0.500. The van der Waals surface area contributed by atoms with Gasteiger partial charge in [0, 0.05) is 11.7 Å². The topological polar surface area (TPSA) is 32.3 Å². The number of halogens is 1. The Labute approximate surface area is 107 Å². The van der Waals surface area contributed by atoms with Gasteiger partial charge in [-0.05, 0) is 51.9 Å². The zero-order valence-corrected chi connectivity index (χ0v) is 11.0. The van der Waals surface area contributed by atoms with Gasteiger partial charge in [-0.15, -0.1) is 0 Å². The molecular formula is C14H19FN2O. The van der Waals surface area contributed by atoms with E-state index in [-0.39, 0.29) is 17.8 Å². The van der Waals surface area contributed by atoms with Crippen LogP contribution in [0.4, 0.5) is 10.1 Å². The van der Waals surface area contributed by atoms with Crippen molar-refractivity contribution in [3.63, 3.8) is 0 Å². The maximum atomic E-state index is 13.3. The summed E-state index contributed by atoms with van der Waals surface area (Å²) >= 11 is 0. The number of amides is 1. The van der Waals surface area contributed by atoms with Gasteiger partial charge in [0.25, 0.3) is 0 Å². The van der Waals surface area contributed by atoms with E-state index >= 15 is 0 Å². The minimum Gasteiger partial charge on any atom is -0.308 e. The lowest BCUT2D eigenvalue weighted by Crippen LogP contribution is -2.53. The molecule has 1 aromatic carbocycles. The SMILES string of the molecule is CC1CCNC(C)(C)C(=O)N1c1cccc(F)c1. The van der Waals surface area contributed by atoms with Gasteiger partial charge < -0.3 is 10.2 Å². The average molecular weight is 250 g/mol. The first-order valence-corrected chi connectivity index (χ1v) is 6.26. The Morgan fingerprint density at radius 1 is 1.44 bits per heavy atom. The lowest BCUT2D eigenvalue weighted by molar-refractivity contribution is -0.123. The van der Waals surface area contributed by atoms with Crippen LogP contribution in [0.5, 0.6) is 0 Å². The molecule has 1 N–H and O–H groups in total. The van der Waals surface area contributed by atoms with E-state index in [4.69, 9.17) is 0 Å². The van der Waals surface area contributed by atoms with E-state index in [9.17, 15) is 9.18 Å². The van der Waals surface area contributed by atoms with Crippen LogP contribution in [0.15, 0.2) is 24.3 Å². The van der Waals surface area contributed by atoms with Gasteiger partial charge >= 0.3 is 0 Å². The third-order valence-electron chi connectivity index (χ3n) is 3.41. The molecule has 1 saturated heterocycles. The lowest BCUT2D eigenvalue weighted by Gasteiger charge is -2.32. The Bertz CT molecular complexity index is 459. The molecule has 1 heterocycles. The van der Waals surface area contributed by atoms with Crippen molar-refractivity contribution in [3.8, 4) is 0 Å². The van der Waals surface area contributed by atoms with Crippen LogP contribution in [0, 0.1) is 5.82 Å². The summed E-state index contributed by atoms with van der Waals surface area (Å²) in [5, 5.41) is 3.23. The fourth-order valence-electron chi connectivity index (χ4n) is 2.30. The van der Waals surface area contributed by atoms with E-state index in [0.717, 1.165) is 13.0 Å². The van der Waals surface area contributed by atoms with Crippen molar-refractivity contribution in [3.05, 3.63) is 30.1 Å². The molecule has 0 radical (unpaired) electrons. The zero-order chi connectivity index (χ0) is 13.3. The number of hydrogen-bond donors (Lipinski definition) is 1. The monoisotopic (exact) mass is 250 g/mol. The highest BCUT2D eigenvalue weighted by molar-refractivity contribution is 6.00. The molecule has 0 aliphatic carbocycles. The third kappa shape index (κ3) is 2.38. The summed E-state index contributed by atoms with van der Waals surface area (Å²) in [6, 6.07) is 6.28. The number of benzene rings is 1. The van der Waals surface area contributed by atoms with Gasteiger partial charge in [0.2, 0.25) is 5.91 Å².